The Morgan fingerprint density at radius 2 is 1.49 bits per heavy atom. The number of nitrogens with two attached hydrogens (primary N) is 1. The molecule has 0 saturated carbocycles. The molecule has 3 heteroatoms. The van der Waals surface area contributed by atoms with Crippen LogP contribution in [-0.2, 0) is 0 Å². The van der Waals surface area contributed by atoms with Gasteiger partial charge in [-0.2, -0.15) is 0 Å². The Hall–Kier alpha value is -5.90. The van der Waals surface area contributed by atoms with Crippen LogP contribution in [0.25, 0.3) is 17.3 Å². The summed E-state index contributed by atoms with van der Waals surface area (Å²) in [6.45, 7) is 0.811. The summed E-state index contributed by atoms with van der Waals surface area (Å²) in [5.41, 5.74) is 21.5. The van der Waals surface area contributed by atoms with Gasteiger partial charge in [0.2, 0.25) is 0 Å². The topological polar surface area (TPSA) is 41.3 Å². The van der Waals surface area contributed by atoms with Gasteiger partial charge in [0.25, 0.3) is 0 Å². The molecule has 5 aliphatic rings. The van der Waals surface area contributed by atoms with Crippen molar-refractivity contribution in [3.8, 4) is 0 Å². The summed E-state index contributed by atoms with van der Waals surface area (Å²) in [7, 11) is 0. The van der Waals surface area contributed by atoms with Crippen molar-refractivity contribution >= 4 is 28.7 Å². The van der Waals surface area contributed by atoms with E-state index in [1.165, 1.54) is 66.6 Å². The van der Waals surface area contributed by atoms with Gasteiger partial charge in [-0.25, -0.2) is 0 Å². The molecule has 1 heterocycles. The van der Waals surface area contributed by atoms with E-state index >= 15 is 0 Å². The molecule has 5 aromatic rings. The Labute approximate surface area is 324 Å². The summed E-state index contributed by atoms with van der Waals surface area (Å²) in [5.74, 6) is 1.36. The maximum absolute atomic E-state index is 7.07. The molecule has 5 atom stereocenters. The highest BCUT2D eigenvalue weighted by Crippen LogP contribution is 2.57. The van der Waals surface area contributed by atoms with Gasteiger partial charge in [0.15, 0.2) is 0 Å². The minimum absolute atomic E-state index is 0.216. The normalized spacial score (nSPS) is 22.6. The predicted octanol–water partition coefficient (Wildman–Crippen LogP) is 10.2. The Bertz CT molecular complexity index is 2530. The number of rotatable bonds is 8. The van der Waals surface area contributed by atoms with Crippen LogP contribution >= 0.6 is 0 Å². The zero-order valence-electron chi connectivity index (χ0n) is 31.2. The van der Waals surface area contributed by atoms with Crippen LogP contribution < -0.4 is 26.4 Å². The molecular formula is C52H47N3. The maximum atomic E-state index is 7.07. The van der Waals surface area contributed by atoms with Gasteiger partial charge in [0.05, 0.1) is 6.04 Å². The van der Waals surface area contributed by atoms with Gasteiger partial charge in [-0.15, -0.1) is 0 Å². The summed E-state index contributed by atoms with van der Waals surface area (Å²) >= 11 is 0. The van der Waals surface area contributed by atoms with Crippen molar-refractivity contribution < 1.29 is 0 Å². The molecule has 0 spiro atoms. The highest BCUT2D eigenvalue weighted by molar-refractivity contribution is 5.96. The largest absolute Gasteiger partial charge is 0.384 e. The van der Waals surface area contributed by atoms with Crippen molar-refractivity contribution in [2.45, 2.75) is 49.5 Å². The lowest BCUT2D eigenvalue weighted by molar-refractivity contribution is 0.513. The number of hydrogen-bond acceptors (Lipinski definition) is 3. The Kier molecular flexibility index (Phi) is 8.81. The predicted molar refractivity (Wildman–Crippen MR) is 229 cm³/mol. The van der Waals surface area contributed by atoms with Crippen LogP contribution in [0.5, 0.6) is 0 Å². The molecule has 0 saturated heterocycles. The Morgan fingerprint density at radius 1 is 0.727 bits per heavy atom. The zero-order chi connectivity index (χ0) is 36.7. The SMILES string of the molecule is NC(/C=C(\NCC1=CCC(c2ccccc2)C=C1)C1CC=CCC1)c1ccc(N2C3=c4ccccc4=C4C=Cc5ccccc5C4C3c3ccccc32)cc1. The Morgan fingerprint density at radius 3 is 2.29 bits per heavy atom. The number of para-hydroxylation sites is 1. The quantitative estimate of drug-likeness (QED) is 0.157. The van der Waals surface area contributed by atoms with Crippen molar-refractivity contribution in [2.75, 3.05) is 11.4 Å². The highest BCUT2D eigenvalue weighted by atomic mass is 15.2. The number of hydrogen-bond donors (Lipinski definition) is 2. The van der Waals surface area contributed by atoms with E-state index in [4.69, 9.17) is 5.73 Å². The molecule has 3 N–H and O–H groups in total. The van der Waals surface area contributed by atoms with E-state index in [2.05, 4.69) is 186 Å². The second-order valence-corrected chi connectivity index (χ2v) is 15.7. The van der Waals surface area contributed by atoms with Crippen molar-refractivity contribution in [1.82, 2.24) is 5.32 Å². The van der Waals surface area contributed by atoms with Crippen LogP contribution in [0.1, 0.15) is 77.3 Å². The summed E-state index contributed by atoms with van der Waals surface area (Å²) < 4.78 is 0. The molecular weight excluding hydrogens is 667 g/mol. The van der Waals surface area contributed by atoms with Crippen LogP contribution in [0.4, 0.5) is 11.4 Å². The van der Waals surface area contributed by atoms with E-state index < -0.39 is 0 Å². The molecule has 5 aromatic carbocycles. The molecule has 3 nitrogen and oxygen atoms in total. The second-order valence-electron chi connectivity index (χ2n) is 15.7. The van der Waals surface area contributed by atoms with Crippen LogP contribution in [0.2, 0.25) is 0 Å². The van der Waals surface area contributed by atoms with Crippen molar-refractivity contribution in [2.24, 2.45) is 11.7 Å². The lowest BCUT2D eigenvalue weighted by atomic mass is 9.69. The van der Waals surface area contributed by atoms with E-state index in [9.17, 15) is 0 Å². The first-order valence-electron chi connectivity index (χ1n) is 20.1. The number of benzene rings is 5. The van der Waals surface area contributed by atoms with Gasteiger partial charge in [-0.3, -0.25) is 0 Å². The fraction of sp³-hybridized carbons (Fsp3) is 0.192. The first-order valence-corrected chi connectivity index (χ1v) is 20.1. The lowest BCUT2D eigenvalue weighted by Gasteiger charge is -2.35. The monoisotopic (exact) mass is 713 g/mol. The fourth-order valence-corrected chi connectivity index (χ4v) is 9.74. The highest BCUT2D eigenvalue weighted by Gasteiger charge is 2.44. The summed E-state index contributed by atoms with van der Waals surface area (Å²) in [4.78, 5) is 2.52. The molecule has 0 amide bonds. The van der Waals surface area contributed by atoms with Crippen molar-refractivity contribution in [1.29, 1.82) is 0 Å². The first-order chi connectivity index (χ1) is 27.2. The second kappa shape index (κ2) is 14.4. The molecule has 0 aromatic heterocycles. The number of anilines is 2. The van der Waals surface area contributed by atoms with Gasteiger partial charge >= 0.3 is 0 Å². The van der Waals surface area contributed by atoms with Crippen molar-refractivity contribution in [3.63, 3.8) is 0 Å². The molecule has 55 heavy (non-hydrogen) atoms. The smallest absolute Gasteiger partial charge is 0.0500 e. The number of fused-ring (bicyclic) bond motifs is 8. The molecule has 0 radical (unpaired) electrons. The minimum Gasteiger partial charge on any atom is -0.384 e. The summed E-state index contributed by atoms with van der Waals surface area (Å²) in [6.07, 6.45) is 23.0. The zero-order valence-corrected chi connectivity index (χ0v) is 31.2. The van der Waals surface area contributed by atoms with Gasteiger partial charge < -0.3 is 16.0 Å². The Balaban J connectivity index is 0.958. The number of allylic oxidation sites excluding steroid dienone is 6. The third-order valence-electron chi connectivity index (χ3n) is 12.5. The first kappa shape index (κ1) is 33.7. The van der Waals surface area contributed by atoms with Gasteiger partial charge in [-0.05, 0) is 94.1 Å². The van der Waals surface area contributed by atoms with E-state index in [0.717, 1.165) is 37.8 Å². The number of nitrogens with zero attached hydrogens (tertiary/aromatic N) is 1. The van der Waals surface area contributed by atoms with E-state index in [1.54, 1.807) is 0 Å². The molecule has 270 valence electrons. The van der Waals surface area contributed by atoms with Crippen LogP contribution in [0.15, 0.2) is 181 Å². The van der Waals surface area contributed by atoms with Gasteiger partial charge in [0, 0.05) is 58.2 Å². The summed E-state index contributed by atoms with van der Waals surface area (Å²) in [6, 6.07) is 46.6. The molecule has 0 fully saturated rings. The number of nitrogens with one attached hydrogen (secondary N) is 1. The van der Waals surface area contributed by atoms with Crippen LogP contribution in [0, 0.1) is 5.92 Å². The van der Waals surface area contributed by atoms with Crippen LogP contribution in [0.3, 0.4) is 0 Å². The molecule has 1 aliphatic heterocycles. The van der Waals surface area contributed by atoms with Crippen LogP contribution in [-0.4, -0.2) is 6.54 Å². The molecule has 4 aliphatic carbocycles. The average molecular weight is 714 g/mol. The average Bonchev–Trinajstić information content (AvgIpc) is 3.61. The van der Waals surface area contributed by atoms with E-state index in [0.29, 0.717) is 11.8 Å². The minimum atomic E-state index is -0.217. The maximum Gasteiger partial charge on any atom is 0.0500 e. The summed E-state index contributed by atoms with van der Waals surface area (Å²) in [5, 5.41) is 6.51. The lowest BCUT2D eigenvalue weighted by Crippen LogP contribution is -2.40. The molecule has 0 bridgehead atoms. The molecule has 10 rings (SSSR count). The molecule has 5 unspecified atom stereocenters. The van der Waals surface area contributed by atoms with Gasteiger partial charge in [0.1, 0.15) is 0 Å². The van der Waals surface area contributed by atoms with Gasteiger partial charge in [-0.1, -0.05) is 152 Å². The standard InChI is InChI=1S/C52H47N3/c53-47(33-48(40-16-5-2-6-17-40)54-34-35-23-25-37(26-24-35)36-13-3-1-4-14-36)39-27-30-41(31-28-39)55-49-22-12-11-21-46(49)51-50-42-18-8-7-15-38(42)29-32-44(50)43-19-9-10-20-45(43)52(51)55/h1-5,7-15,18-25,27-33,37,40,47,50-51,54H,6,16-17,26,34,53H2/b48-33-. The van der Waals surface area contributed by atoms with E-state index in [-0.39, 0.29) is 17.9 Å². The van der Waals surface area contributed by atoms with Crippen molar-refractivity contribution in [3.05, 3.63) is 219 Å². The third kappa shape index (κ3) is 6.13. The fourth-order valence-electron chi connectivity index (χ4n) is 9.74. The third-order valence-corrected chi connectivity index (χ3v) is 12.5. The van der Waals surface area contributed by atoms with E-state index in [1.807, 2.05) is 0 Å².